The Morgan fingerprint density at radius 1 is 1.50 bits per heavy atom. The molecule has 66 valence electrons. The lowest BCUT2D eigenvalue weighted by atomic mass is 10.4. The summed E-state index contributed by atoms with van der Waals surface area (Å²) < 4.78 is 0. The van der Waals surface area contributed by atoms with E-state index in [1.807, 2.05) is 26.2 Å². The number of likely N-dealkylation sites (N-methyl/N-ethyl adjacent to an activating group) is 1. The zero-order valence-electron chi connectivity index (χ0n) is 6.77. The predicted octanol–water partition coefficient (Wildman–Crippen LogP) is -3.19. The fraction of sp³-hybridized carbons (Fsp3) is 1.00. The Kier molecular flexibility index (Phi) is 27.4. The molecule has 0 aromatic rings. The highest BCUT2D eigenvalue weighted by molar-refractivity contribution is 6.18. The topological polar surface area (TPSA) is 36.8 Å². The largest absolute Gasteiger partial charge is 1.00 e. The number of alkyl halides is 1. The van der Waals surface area contributed by atoms with Crippen molar-refractivity contribution in [3.05, 3.63) is 0 Å². The number of rotatable bonds is 3. The summed E-state index contributed by atoms with van der Waals surface area (Å²) in [5.74, 6) is 0.338. The molecule has 0 saturated carbocycles. The Morgan fingerprint density at radius 3 is 2.00 bits per heavy atom. The van der Waals surface area contributed by atoms with Gasteiger partial charge in [-0.15, -0.1) is 11.6 Å². The normalized spacial score (nSPS) is 10.5. The molecule has 0 aromatic heterocycles. The lowest BCUT2D eigenvalue weighted by molar-refractivity contribution is -0.633. The van der Waals surface area contributed by atoms with E-state index in [9.17, 15) is 0 Å². The zero-order valence-corrected chi connectivity index (χ0v) is 8.28. The van der Waals surface area contributed by atoms with Gasteiger partial charge in [0, 0.05) is 0 Å². The third kappa shape index (κ3) is 15.8. The van der Waals surface area contributed by atoms with Gasteiger partial charge in [-0.05, 0) is 0 Å². The Balaban J connectivity index is -0.000000149. The summed E-state index contributed by atoms with van der Waals surface area (Å²) in [5, 5.41) is 10.6. The van der Waals surface area contributed by atoms with Crippen LogP contribution in [0.15, 0.2) is 0 Å². The van der Waals surface area contributed by atoms with Crippen LogP contribution in [0.1, 0.15) is 13.8 Å². The van der Waals surface area contributed by atoms with Crippen LogP contribution in [0.5, 0.6) is 0 Å². The molecule has 4 heteroatoms. The molecule has 0 aliphatic heterocycles. The SMILES string of the molecule is CC.C[NH2+]CC(O)CCl.[Cl-]. The fourth-order valence-corrected chi connectivity index (χ4v) is 0.461. The second-order valence-electron chi connectivity index (χ2n) is 1.45. The first-order valence-corrected chi connectivity index (χ1v) is 3.86. The molecule has 3 N–H and O–H groups in total. The van der Waals surface area contributed by atoms with Crippen LogP contribution in [-0.4, -0.2) is 30.7 Å². The molecular formula is C6H17Cl2NO. The molecule has 1 unspecified atom stereocenters. The predicted molar refractivity (Wildman–Crippen MR) is 40.8 cm³/mol. The summed E-state index contributed by atoms with van der Waals surface area (Å²) in [4.78, 5) is 0. The number of halogens is 2. The molecule has 0 spiro atoms. The van der Waals surface area contributed by atoms with Crippen molar-refractivity contribution in [2.75, 3.05) is 19.5 Å². The van der Waals surface area contributed by atoms with Crippen molar-refractivity contribution < 1.29 is 22.8 Å². The van der Waals surface area contributed by atoms with Crippen molar-refractivity contribution in [2.45, 2.75) is 20.0 Å². The summed E-state index contributed by atoms with van der Waals surface area (Å²) in [7, 11) is 1.90. The molecule has 0 amide bonds. The zero-order chi connectivity index (χ0) is 7.70. The molecule has 1 atom stereocenters. The van der Waals surface area contributed by atoms with Gasteiger partial charge >= 0.3 is 0 Å². The van der Waals surface area contributed by atoms with Gasteiger partial charge in [-0.1, -0.05) is 13.8 Å². The van der Waals surface area contributed by atoms with Crippen molar-refractivity contribution >= 4 is 11.6 Å². The van der Waals surface area contributed by atoms with E-state index in [1.54, 1.807) is 0 Å². The van der Waals surface area contributed by atoms with Gasteiger partial charge in [-0.25, -0.2) is 0 Å². The summed E-state index contributed by atoms with van der Waals surface area (Å²) in [6, 6.07) is 0. The molecule has 0 radical (unpaired) electrons. The maximum Gasteiger partial charge on any atom is 0.116 e. The van der Waals surface area contributed by atoms with Crippen LogP contribution in [0, 0.1) is 0 Å². The number of quaternary nitrogens is 1. The number of hydrogen-bond donors (Lipinski definition) is 2. The first-order chi connectivity index (χ1) is 4.31. The highest BCUT2D eigenvalue weighted by atomic mass is 35.5. The van der Waals surface area contributed by atoms with Crippen molar-refractivity contribution in [2.24, 2.45) is 0 Å². The highest BCUT2D eigenvalue weighted by Crippen LogP contribution is 1.79. The first-order valence-electron chi connectivity index (χ1n) is 3.33. The molecule has 2 nitrogen and oxygen atoms in total. The molecule has 0 aliphatic rings. The molecule has 0 saturated heterocycles. The van der Waals surface area contributed by atoms with Gasteiger partial charge in [0.2, 0.25) is 0 Å². The number of aliphatic hydroxyl groups is 1. The van der Waals surface area contributed by atoms with Crippen molar-refractivity contribution in [3.8, 4) is 0 Å². The molecule has 0 bridgehead atoms. The molecule has 10 heavy (non-hydrogen) atoms. The number of hydrogen-bond acceptors (Lipinski definition) is 1. The van der Waals surface area contributed by atoms with Crippen molar-refractivity contribution in [3.63, 3.8) is 0 Å². The van der Waals surface area contributed by atoms with Gasteiger partial charge in [-0.3, -0.25) is 0 Å². The summed E-state index contributed by atoms with van der Waals surface area (Å²) >= 11 is 5.26. The van der Waals surface area contributed by atoms with E-state index in [1.165, 1.54) is 0 Å². The average Bonchev–Trinajstić information content (AvgIpc) is 1.93. The average molecular weight is 190 g/mol. The second-order valence-corrected chi connectivity index (χ2v) is 1.76. The van der Waals surface area contributed by atoms with E-state index < -0.39 is 0 Å². The van der Waals surface area contributed by atoms with E-state index in [0.717, 1.165) is 0 Å². The fourth-order valence-electron chi connectivity index (χ4n) is 0.335. The molecular weight excluding hydrogens is 173 g/mol. The first kappa shape index (κ1) is 16.8. The third-order valence-electron chi connectivity index (χ3n) is 0.686. The summed E-state index contributed by atoms with van der Waals surface area (Å²) in [6.07, 6.45) is -0.341. The number of aliphatic hydroxyl groups excluding tert-OH is 1. The highest BCUT2D eigenvalue weighted by Gasteiger charge is 1.98. The van der Waals surface area contributed by atoms with Crippen LogP contribution >= 0.6 is 11.6 Å². The maximum atomic E-state index is 8.69. The molecule has 0 rings (SSSR count). The van der Waals surface area contributed by atoms with Crippen LogP contribution < -0.4 is 17.7 Å². The third-order valence-corrected chi connectivity index (χ3v) is 1.04. The lowest BCUT2D eigenvalue weighted by Crippen LogP contribution is -3.00. The molecule has 0 heterocycles. The monoisotopic (exact) mass is 189 g/mol. The Labute approximate surface area is 74.4 Å². The summed E-state index contributed by atoms with van der Waals surface area (Å²) in [6.45, 7) is 4.70. The second kappa shape index (κ2) is 16.2. The van der Waals surface area contributed by atoms with Gasteiger partial charge in [0.1, 0.15) is 12.6 Å². The van der Waals surface area contributed by atoms with Gasteiger partial charge in [0.15, 0.2) is 0 Å². The summed E-state index contributed by atoms with van der Waals surface area (Å²) in [5.41, 5.74) is 0. The quantitative estimate of drug-likeness (QED) is 0.452. The Hall–Kier alpha value is 0.500. The van der Waals surface area contributed by atoms with Gasteiger partial charge < -0.3 is 22.8 Å². The van der Waals surface area contributed by atoms with Crippen LogP contribution in [0.3, 0.4) is 0 Å². The number of nitrogens with two attached hydrogens (primary N) is 1. The smallest absolute Gasteiger partial charge is 0.116 e. The van der Waals surface area contributed by atoms with Crippen LogP contribution in [0.25, 0.3) is 0 Å². The standard InChI is InChI=1S/C4H10ClNO.C2H6.ClH/c1-6-3-4(7)2-5;1-2;/h4,6-7H,2-3H2,1H3;1-2H3;1H. The molecule has 0 aliphatic carbocycles. The Bertz CT molecular complexity index is 46.7. The maximum absolute atomic E-state index is 8.69. The van der Waals surface area contributed by atoms with Crippen LogP contribution in [0.4, 0.5) is 0 Å². The van der Waals surface area contributed by atoms with Crippen molar-refractivity contribution in [1.29, 1.82) is 0 Å². The minimum atomic E-state index is -0.341. The van der Waals surface area contributed by atoms with E-state index in [-0.39, 0.29) is 18.5 Å². The van der Waals surface area contributed by atoms with Crippen LogP contribution in [0.2, 0.25) is 0 Å². The van der Waals surface area contributed by atoms with Gasteiger partial charge in [0.25, 0.3) is 0 Å². The van der Waals surface area contributed by atoms with Gasteiger partial charge in [0.05, 0.1) is 12.9 Å². The van der Waals surface area contributed by atoms with Crippen molar-refractivity contribution in [1.82, 2.24) is 0 Å². The molecule has 0 aromatic carbocycles. The van der Waals surface area contributed by atoms with Crippen LogP contribution in [-0.2, 0) is 0 Å². The minimum absolute atomic E-state index is 0. The molecule has 0 fully saturated rings. The lowest BCUT2D eigenvalue weighted by Gasteiger charge is -1.99. The van der Waals surface area contributed by atoms with E-state index >= 15 is 0 Å². The van der Waals surface area contributed by atoms with E-state index in [4.69, 9.17) is 16.7 Å². The Morgan fingerprint density at radius 2 is 1.90 bits per heavy atom. The van der Waals surface area contributed by atoms with E-state index in [0.29, 0.717) is 12.4 Å². The minimum Gasteiger partial charge on any atom is -1.00 e. The van der Waals surface area contributed by atoms with E-state index in [2.05, 4.69) is 0 Å². The van der Waals surface area contributed by atoms with Gasteiger partial charge in [-0.2, -0.15) is 0 Å².